The number of nitrogens with one attached hydrogen (secondary N) is 1. The van der Waals surface area contributed by atoms with Crippen molar-refractivity contribution in [2.24, 2.45) is 5.41 Å². The molecule has 1 heterocycles. The molecule has 3 rings (SSSR count). The zero-order valence-corrected chi connectivity index (χ0v) is 13.0. The minimum atomic E-state index is 0.431. The summed E-state index contributed by atoms with van der Waals surface area (Å²) in [4.78, 5) is 0. The third-order valence-electron chi connectivity index (χ3n) is 4.68. The molecule has 3 heteroatoms. The fourth-order valence-electron chi connectivity index (χ4n) is 3.30. The maximum absolute atomic E-state index is 4.47. The average Bonchev–Trinajstić information content (AvgIpc) is 3.04. The van der Waals surface area contributed by atoms with Crippen LogP contribution in [-0.4, -0.2) is 15.8 Å². The van der Waals surface area contributed by atoms with E-state index in [1.165, 1.54) is 30.4 Å². The van der Waals surface area contributed by atoms with Gasteiger partial charge in [-0.15, -0.1) is 0 Å². The Morgan fingerprint density at radius 1 is 1.24 bits per heavy atom. The number of aromatic nitrogens is 2. The Hall–Kier alpha value is -1.61. The first-order valence-electron chi connectivity index (χ1n) is 7.92. The third-order valence-corrected chi connectivity index (χ3v) is 4.68. The van der Waals surface area contributed by atoms with Crippen LogP contribution in [0.5, 0.6) is 0 Å². The van der Waals surface area contributed by atoms with Crippen molar-refractivity contribution in [3.05, 3.63) is 53.9 Å². The molecule has 1 aromatic carbocycles. The van der Waals surface area contributed by atoms with Crippen LogP contribution < -0.4 is 5.32 Å². The predicted molar refractivity (Wildman–Crippen MR) is 86.0 cm³/mol. The van der Waals surface area contributed by atoms with Gasteiger partial charge in [0.15, 0.2) is 0 Å². The van der Waals surface area contributed by atoms with Gasteiger partial charge in [-0.1, -0.05) is 50.6 Å². The first-order chi connectivity index (χ1) is 10.1. The van der Waals surface area contributed by atoms with E-state index in [1.54, 1.807) is 0 Å². The summed E-state index contributed by atoms with van der Waals surface area (Å²) in [5.41, 5.74) is 2.99. The van der Waals surface area contributed by atoms with Crippen molar-refractivity contribution in [2.75, 3.05) is 0 Å². The van der Waals surface area contributed by atoms with E-state index in [4.69, 9.17) is 0 Å². The molecule has 21 heavy (non-hydrogen) atoms. The highest BCUT2D eigenvalue weighted by Gasteiger charge is 2.33. The second-order valence-corrected chi connectivity index (χ2v) is 6.85. The van der Waals surface area contributed by atoms with Gasteiger partial charge >= 0.3 is 0 Å². The van der Waals surface area contributed by atoms with Crippen LogP contribution in [0.1, 0.15) is 44.2 Å². The summed E-state index contributed by atoms with van der Waals surface area (Å²) in [5.74, 6) is 0. The summed E-state index contributed by atoms with van der Waals surface area (Å²) in [5, 5.41) is 8.18. The lowest BCUT2D eigenvalue weighted by Gasteiger charge is -2.27. The van der Waals surface area contributed by atoms with Crippen LogP contribution in [-0.2, 0) is 13.1 Å². The van der Waals surface area contributed by atoms with E-state index >= 15 is 0 Å². The molecule has 1 aliphatic rings. The summed E-state index contributed by atoms with van der Waals surface area (Å²) < 4.78 is 2.02. The van der Waals surface area contributed by atoms with E-state index in [2.05, 4.69) is 54.7 Å². The molecule has 0 bridgehead atoms. The van der Waals surface area contributed by atoms with Gasteiger partial charge in [0.05, 0.1) is 12.7 Å². The van der Waals surface area contributed by atoms with Gasteiger partial charge in [-0.05, 0) is 23.8 Å². The molecule has 112 valence electrons. The van der Waals surface area contributed by atoms with Crippen molar-refractivity contribution in [1.82, 2.24) is 15.1 Å². The predicted octanol–water partition coefficient (Wildman–Crippen LogP) is 3.60. The molecular weight excluding hydrogens is 258 g/mol. The molecule has 0 spiro atoms. The summed E-state index contributed by atoms with van der Waals surface area (Å²) in [7, 11) is 0. The van der Waals surface area contributed by atoms with E-state index in [0.29, 0.717) is 11.5 Å². The number of nitrogens with zero attached hydrogens (tertiary/aromatic N) is 2. The Labute approximate surface area is 127 Å². The van der Waals surface area contributed by atoms with E-state index in [0.717, 1.165) is 13.1 Å². The Bertz CT molecular complexity index is 571. The van der Waals surface area contributed by atoms with Crippen molar-refractivity contribution >= 4 is 0 Å². The van der Waals surface area contributed by atoms with Crippen molar-refractivity contribution in [3.63, 3.8) is 0 Å². The van der Waals surface area contributed by atoms with Gasteiger partial charge in [0.2, 0.25) is 0 Å². The van der Waals surface area contributed by atoms with Gasteiger partial charge in [0.1, 0.15) is 0 Å². The first-order valence-corrected chi connectivity index (χ1v) is 7.92. The quantitative estimate of drug-likeness (QED) is 0.908. The van der Waals surface area contributed by atoms with Crippen LogP contribution in [0, 0.1) is 5.41 Å². The van der Waals surface area contributed by atoms with Crippen LogP contribution >= 0.6 is 0 Å². The smallest absolute Gasteiger partial charge is 0.0659 e. The molecule has 3 nitrogen and oxygen atoms in total. The van der Waals surface area contributed by atoms with Gasteiger partial charge in [0.25, 0.3) is 0 Å². The standard InChI is InChI=1S/C18H25N3/c1-18(2)10-6-9-17(18)19-11-16-12-20-21(14-16)13-15-7-4-3-5-8-15/h3-5,7-8,12,14,17,19H,6,9-11,13H2,1-2H3. The molecule has 1 aliphatic carbocycles. The minimum Gasteiger partial charge on any atom is -0.309 e. The largest absolute Gasteiger partial charge is 0.309 e. The molecular formula is C18H25N3. The van der Waals surface area contributed by atoms with Gasteiger partial charge < -0.3 is 5.32 Å². The fraction of sp³-hybridized carbons (Fsp3) is 0.500. The number of hydrogen-bond acceptors (Lipinski definition) is 2. The Balaban J connectivity index is 1.56. The average molecular weight is 283 g/mol. The highest BCUT2D eigenvalue weighted by Crippen LogP contribution is 2.37. The lowest BCUT2D eigenvalue weighted by molar-refractivity contribution is 0.282. The van der Waals surface area contributed by atoms with Crippen LogP contribution in [0.2, 0.25) is 0 Å². The second kappa shape index (κ2) is 6.02. The second-order valence-electron chi connectivity index (χ2n) is 6.85. The lowest BCUT2D eigenvalue weighted by atomic mass is 9.87. The molecule has 2 aromatic rings. The van der Waals surface area contributed by atoms with E-state index in [-0.39, 0.29) is 0 Å². The molecule has 0 amide bonds. The van der Waals surface area contributed by atoms with Crippen LogP contribution in [0.15, 0.2) is 42.7 Å². The number of hydrogen-bond donors (Lipinski definition) is 1. The minimum absolute atomic E-state index is 0.431. The highest BCUT2D eigenvalue weighted by molar-refractivity contribution is 5.15. The first kappa shape index (κ1) is 14.3. The molecule has 0 radical (unpaired) electrons. The summed E-state index contributed by atoms with van der Waals surface area (Å²) in [6.07, 6.45) is 8.11. The summed E-state index contributed by atoms with van der Waals surface area (Å²) in [6, 6.07) is 11.1. The molecule has 1 saturated carbocycles. The Morgan fingerprint density at radius 2 is 2.05 bits per heavy atom. The molecule has 1 fully saturated rings. The fourth-order valence-corrected chi connectivity index (χ4v) is 3.30. The molecule has 1 unspecified atom stereocenters. The van der Waals surface area contributed by atoms with Crippen molar-refractivity contribution < 1.29 is 0 Å². The third kappa shape index (κ3) is 3.53. The van der Waals surface area contributed by atoms with Crippen LogP contribution in [0.3, 0.4) is 0 Å². The maximum atomic E-state index is 4.47. The van der Waals surface area contributed by atoms with Gasteiger partial charge in [-0.25, -0.2) is 0 Å². The molecule has 1 atom stereocenters. The van der Waals surface area contributed by atoms with Crippen molar-refractivity contribution in [1.29, 1.82) is 0 Å². The normalized spacial score (nSPS) is 20.8. The Morgan fingerprint density at radius 3 is 2.76 bits per heavy atom. The molecule has 1 aromatic heterocycles. The van der Waals surface area contributed by atoms with E-state index in [9.17, 15) is 0 Å². The zero-order valence-electron chi connectivity index (χ0n) is 13.0. The number of benzene rings is 1. The van der Waals surface area contributed by atoms with Crippen LogP contribution in [0.4, 0.5) is 0 Å². The molecule has 1 N–H and O–H groups in total. The van der Waals surface area contributed by atoms with E-state index in [1.807, 2.05) is 16.9 Å². The summed E-state index contributed by atoms with van der Waals surface area (Å²) in [6.45, 7) is 6.51. The maximum Gasteiger partial charge on any atom is 0.0659 e. The molecule has 0 aliphatic heterocycles. The zero-order chi connectivity index (χ0) is 14.7. The topological polar surface area (TPSA) is 29.9 Å². The van der Waals surface area contributed by atoms with Gasteiger partial charge in [0, 0.05) is 24.3 Å². The van der Waals surface area contributed by atoms with Crippen molar-refractivity contribution in [3.8, 4) is 0 Å². The lowest BCUT2D eigenvalue weighted by Crippen LogP contribution is -2.37. The molecule has 0 saturated heterocycles. The number of rotatable bonds is 5. The SMILES string of the molecule is CC1(C)CCCC1NCc1cnn(Cc2ccccc2)c1. The monoisotopic (exact) mass is 283 g/mol. The van der Waals surface area contributed by atoms with E-state index < -0.39 is 0 Å². The van der Waals surface area contributed by atoms with Crippen molar-refractivity contribution in [2.45, 2.75) is 52.2 Å². The van der Waals surface area contributed by atoms with Gasteiger partial charge in [-0.3, -0.25) is 4.68 Å². The van der Waals surface area contributed by atoms with Crippen LogP contribution in [0.25, 0.3) is 0 Å². The Kier molecular flexibility index (Phi) is 4.11. The summed E-state index contributed by atoms with van der Waals surface area (Å²) >= 11 is 0. The highest BCUT2D eigenvalue weighted by atomic mass is 15.3. The van der Waals surface area contributed by atoms with Gasteiger partial charge in [-0.2, -0.15) is 5.10 Å².